The van der Waals surface area contributed by atoms with Gasteiger partial charge in [-0.1, -0.05) is 12.8 Å². The smallest absolute Gasteiger partial charge is 0.0431 e. The molecule has 0 bridgehead atoms. The number of aryl methyl sites for hydroxylation is 2. The molecule has 0 aliphatic carbocycles. The van der Waals surface area contributed by atoms with Crippen molar-refractivity contribution < 1.29 is 5.11 Å². The minimum absolute atomic E-state index is 0.335. The molecule has 0 aromatic carbocycles. The molecule has 2 heteroatoms. The molecule has 1 N–H and O–H groups in total. The molecule has 1 rings (SSSR count). The van der Waals surface area contributed by atoms with Gasteiger partial charge in [-0.05, 0) is 38.8 Å². The summed E-state index contributed by atoms with van der Waals surface area (Å²) < 4.78 is 2.36. The Morgan fingerprint density at radius 3 is 2.14 bits per heavy atom. The zero-order valence-electron chi connectivity index (χ0n) is 9.29. The molecule has 0 saturated carbocycles. The van der Waals surface area contributed by atoms with Gasteiger partial charge in [-0.15, -0.1) is 0 Å². The molecule has 0 aliphatic rings. The first-order chi connectivity index (χ1) is 6.75. The summed E-state index contributed by atoms with van der Waals surface area (Å²) in [6.45, 7) is 5.76. The van der Waals surface area contributed by atoms with Gasteiger partial charge < -0.3 is 9.67 Å². The molecule has 0 radical (unpaired) electrons. The number of aliphatic hydroxyl groups excluding tert-OH is 1. The average molecular weight is 195 g/mol. The first-order valence-electron chi connectivity index (χ1n) is 5.49. The molecule has 80 valence electrons. The SMILES string of the molecule is Cc1ccc(C)n1CCCCCCO. The Labute approximate surface area is 86.6 Å². The minimum atomic E-state index is 0.335. The van der Waals surface area contributed by atoms with Gasteiger partial charge in [0.15, 0.2) is 0 Å². The van der Waals surface area contributed by atoms with E-state index in [-0.39, 0.29) is 0 Å². The Morgan fingerprint density at radius 1 is 1.00 bits per heavy atom. The van der Waals surface area contributed by atoms with Gasteiger partial charge in [0.25, 0.3) is 0 Å². The summed E-state index contributed by atoms with van der Waals surface area (Å²) in [4.78, 5) is 0. The van der Waals surface area contributed by atoms with Crippen LogP contribution >= 0.6 is 0 Å². The van der Waals surface area contributed by atoms with E-state index in [0.717, 1.165) is 19.4 Å². The van der Waals surface area contributed by atoms with Crippen LogP contribution in [0.2, 0.25) is 0 Å². The lowest BCUT2D eigenvalue weighted by Crippen LogP contribution is -2.02. The predicted octanol–water partition coefficient (Wildman–Crippen LogP) is 2.66. The number of rotatable bonds is 6. The summed E-state index contributed by atoms with van der Waals surface area (Å²) in [6.07, 6.45) is 4.54. The van der Waals surface area contributed by atoms with E-state index in [1.165, 1.54) is 24.2 Å². The van der Waals surface area contributed by atoms with Gasteiger partial charge in [0, 0.05) is 24.5 Å². The van der Waals surface area contributed by atoms with Crippen molar-refractivity contribution in [2.75, 3.05) is 6.61 Å². The van der Waals surface area contributed by atoms with Crippen molar-refractivity contribution in [3.8, 4) is 0 Å². The van der Waals surface area contributed by atoms with Crippen molar-refractivity contribution in [1.29, 1.82) is 0 Å². The highest BCUT2D eigenvalue weighted by atomic mass is 16.2. The van der Waals surface area contributed by atoms with Crippen molar-refractivity contribution in [2.45, 2.75) is 46.1 Å². The normalized spacial score (nSPS) is 10.8. The van der Waals surface area contributed by atoms with E-state index >= 15 is 0 Å². The summed E-state index contributed by atoms with van der Waals surface area (Å²) >= 11 is 0. The van der Waals surface area contributed by atoms with E-state index in [0.29, 0.717) is 6.61 Å². The number of nitrogens with zero attached hydrogens (tertiary/aromatic N) is 1. The molecule has 0 spiro atoms. The maximum atomic E-state index is 8.63. The van der Waals surface area contributed by atoms with Crippen LogP contribution in [-0.2, 0) is 6.54 Å². The molecule has 0 aliphatic heterocycles. The molecule has 0 atom stereocenters. The summed E-state index contributed by atoms with van der Waals surface area (Å²) in [7, 11) is 0. The second-order valence-electron chi connectivity index (χ2n) is 3.91. The van der Waals surface area contributed by atoms with Crippen LogP contribution in [0.15, 0.2) is 12.1 Å². The van der Waals surface area contributed by atoms with Crippen LogP contribution in [0.5, 0.6) is 0 Å². The van der Waals surface area contributed by atoms with Gasteiger partial charge in [-0.3, -0.25) is 0 Å². The molecule has 0 unspecified atom stereocenters. The maximum Gasteiger partial charge on any atom is 0.0431 e. The van der Waals surface area contributed by atoms with Gasteiger partial charge in [0.05, 0.1) is 0 Å². The van der Waals surface area contributed by atoms with Gasteiger partial charge in [-0.2, -0.15) is 0 Å². The topological polar surface area (TPSA) is 25.2 Å². The molecular formula is C12H21NO. The Morgan fingerprint density at radius 2 is 1.57 bits per heavy atom. The van der Waals surface area contributed by atoms with Gasteiger partial charge in [0.1, 0.15) is 0 Å². The molecule has 0 fully saturated rings. The lowest BCUT2D eigenvalue weighted by Gasteiger charge is -2.08. The summed E-state index contributed by atoms with van der Waals surface area (Å²) in [5, 5.41) is 8.63. The zero-order chi connectivity index (χ0) is 10.4. The highest BCUT2D eigenvalue weighted by Crippen LogP contribution is 2.09. The molecule has 14 heavy (non-hydrogen) atoms. The molecule has 0 amide bonds. The Balaban J connectivity index is 2.24. The fraction of sp³-hybridized carbons (Fsp3) is 0.667. The van der Waals surface area contributed by atoms with Crippen molar-refractivity contribution in [3.05, 3.63) is 23.5 Å². The number of unbranched alkanes of at least 4 members (excludes halogenated alkanes) is 3. The summed E-state index contributed by atoms with van der Waals surface area (Å²) in [6, 6.07) is 4.34. The summed E-state index contributed by atoms with van der Waals surface area (Å²) in [5.41, 5.74) is 2.70. The van der Waals surface area contributed by atoms with Crippen LogP contribution < -0.4 is 0 Å². The molecule has 2 nitrogen and oxygen atoms in total. The number of hydrogen-bond acceptors (Lipinski definition) is 1. The Kier molecular flexibility index (Phi) is 4.74. The van der Waals surface area contributed by atoms with Crippen molar-refractivity contribution in [2.24, 2.45) is 0 Å². The third-order valence-corrected chi connectivity index (χ3v) is 2.71. The summed E-state index contributed by atoms with van der Waals surface area (Å²) in [5.74, 6) is 0. The number of aromatic nitrogens is 1. The average Bonchev–Trinajstić information content (AvgIpc) is 2.48. The molecule has 1 aromatic rings. The second-order valence-corrected chi connectivity index (χ2v) is 3.91. The molecule has 1 aromatic heterocycles. The third-order valence-electron chi connectivity index (χ3n) is 2.71. The van der Waals surface area contributed by atoms with E-state index in [4.69, 9.17) is 5.11 Å². The molecule has 1 heterocycles. The maximum absolute atomic E-state index is 8.63. The van der Waals surface area contributed by atoms with E-state index in [1.807, 2.05) is 0 Å². The van der Waals surface area contributed by atoms with Gasteiger partial charge >= 0.3 is 0 Å². The standard InChI is InChI=1S/C12H21NO/c1-11-7-8-12(2)13(11)9-5-3-4-6-10-14/h7-8,14H,3-6,9-10H2,1-2H3. The lowest BCUT2D eigenvalue weighted by atomic mass is 10.2. The Bertz CT molecular complexity index is 246. The van der Waals surface area contributed by atoms with E-state index in [2.05, 4.69) is 30.5 Å². The largest absolute Gasteiger partial charge is 0.396 e. The minimum Gasteiger partial charge on any atom is -0.396 e. The molecule has 0 saturated heterocycles. The zero-order valence-corrected chi connectivity index (χ0v) is 9.29. The second kappa shape index (κ2) is 5.86. The van der Waals surface area contributed by atoms with Crippen LogP contribution in [0.25, 0.3) is 0 Å². The van der Waals surface area contributed by atoms with Crippen LogP contribution in [0, 0.1) is 13.8 Å². The fourth-order valence-electron chi connectivity index (χ4n) is 1.79. The van der Waals surface area contributed by atoms with Crippen LogP contribution in [0.3, 0.4) is 0 Å². The first-order valence-corrected chi connectivity index (χ1v) is 5.49. The Hall–Kier alpha value is -0.760. The fourth-order valence-corrected chi connectivity index (χ4v) is 1.79. The van der Waals surface area contributed by atoms with Crippen molar-refractivity contribution in [1.82, 2.24) is 4.57 Å². The molecular weight excluding hydrogens is 174 g/mol. The van der Waals surface area contributed by atoms with Gasteiger partial charge in [-0.25, -0.2) is 0 Å². The third kappa shape index (κ3) is 3.18. The monoisotopic (exact) mass is 195 g/mol. The van der Waals surface area contributed by atoms with Crippen LogP contribution in [-0.4, -0.2) is 16.3 Å². The van der Waals surface area contributed by atoms with Crippen molar-refractivity contribution in [3.63, 3.8) is 0 Å². The quantitative estimate of drug-likeness (QED) is 0.694. The highest BCUT2D eigenvalue weighted by molar-refractivity contribution is 5.13. The van der Waals surface area contributed by atoms with Gasteiger partial charge in [0.2, 0.25) is 0 Å². The highest BCUT2D eigenvalue weighted by Gasteiger charge is 1.99. The van der Waals surface area contributed by atoms with Crippen LogP contribution in [0.1, 0.15) is 37.1 Å². The first kappa shape index (κ1) is 11.3. The number of aliphatic hydroxyl groups is 1. The van der Waals surface area contributed by atoms with Crippen molar-refractivity contribution >= 4 is 0 Å². The number of hydrogen-bond donors (Lipinski definition) is 1. The van der Waals surface area contributed by atoms with E-state index < -0.39 is 0 Å². The van der Waals surface area contributed by atoms with E-state index in [1.54, 1.807) is 0 Å². The van der Waals surface area contributed by atoms with Crippen LogP contribution in [0.4, 0.5) is 0 Å². The lowest BCUT2D eigenvalue weighted by molar-refractivity contribution is 0.282. The predicted molar refractivity (Wildman–Crippen MR) is 59.5 cm³/mol. The van der Waals surface area contributed by atoms with E-state index in [9.17, 15) is 0 Å².